The predicted molar refractivity (Wildman–Crippen MR) is 100 cm³/mol. The molecule has 1 aromatic heterocycles. The average molecular weight is 354 g/mol. The van der Waals surface area contributed by atoms with Gasteiger partial charge < -0.3 is 10.2 Å². The number of hydrogen-bond donors (Lipinski definition) is 1. The molecular formula is C20H22N2O2S. The summed E-state index contributed by atoms with van der Waals surface area (Å²) in [6, 6.07) is 9.31. The summed E-state index contributed by atoms with van der Waals surface area (Å²) >= 11 is 1.61. The highest BCUT2D eigenvalue weighted by atomic mass is 32.1. The van der Waals surface area contributed by atoms with Gasteiger partial charge in [0.15, 0.2) is 0 Å². The molecule has 25 heavy (non-hydrogen) atoms. The highest BCUT2D eigenvalue weighted by Crippen LogP contribution is 2.30. The van der Waals surface area contributed by atoms with Crippen molar-refractivity contribution < 1.29 is 9.59 Å². The molecule has 1 aliphatic heterocycles. The van der Waals surface area contributed by atoms with Gasteiger partial charge in [-0.2, -0.15) is 0 Å². The lowest BCUT2D eigenvalue weighted by Gasteiger charge is -2.15. The number of nitrogens with one attached hydrogen (secondary N) is 1. The van der Waals surface area contributed by atoms with Crippen LogP contribution in [0.15, 0.2) is 30.3 Å². The average Bonchev–Trinajstić information content (AvgIpc) is 3.31. The summed E-state index contributed by atoms with van der Waals surface area (Å²) in [5.41, 5.74) is 2.66. The van der Waals surface area contributed by atoms with Crippen LogP contribution in [-0.2, 0) is 12.8 Å². The van der Waals surface area contributed by atoms with Gasteiger partial charge in [-0.3, -0.25) is 9.59 Å². The number of carbonyl (C=O) groups excluding carboxylic acids is 2. The number of carbonyl (C=O) groups is 2. The van der Waals surface area contributed by atoms with E-state index in [1.54, 1.807) is 17.4 Å². The van der Waals surface area contributed by atoms with Crippen molar-refractivity contribution in [1.29, 1.82) is 0 Å². The molecule has 130 valence electrons. The minimum absolute atomic E-state index is 0.0557. The molecule has 4 nitrogen and oxygen atoms in total. The number of benzene rings is 1. The van der Waals surface area contributed by atoms with Crippen LogP contribution in [0.5, 0.6) is 0 Å². The van der Waals surface area contributed by atoms with Crippen molar-refractivity contribution in [2.45, 2.75) is 38.5 Å². The fourth-order valence-electron chi connectivity index (χ4n) is 3.63. The maximum Gasteiger partial charge on any atom is 0.265 e. The lowest BCUT2D eigenvalue weighted by Crippen LogP contribution is -2.27. The molecule has 1 fully saturated rings. The van der Waals surface area contributed by atoms with E-state index in [1.165, 1.54) is 23.3 Å². The number of aryl methyl sites for hydroxylation is 2. The zero-order chi connectivity index (χ0) is 17.2. The Kier molecular flexibility index (Phi) is 4.57. The van der Waals surface area contributed by atoms with Crippen LogP contribution < -0.4 is 5.32 Å². The molecule has 0 saturated carbocycles. The van der Waals surface area contributed by atoms with E-state index in [1.807, 2.05) is 29.2 Å². The van der Waals surface area contributed by atoms with Gasteiger partial charge >= 0.3 is 0 Å². The maximum absolute atomic E-state index is 12.6. The smallest absolute Gasteiger partial charge is 0.265 e. The van der Waals surface area contributed by atoms with Crippen LogP contribution in [-0.4, -0.2) is 29.8 Å². The zero-order valence-corrected chi connectivity index (χ0v) is 15.0. The Morgan fingerprint density at radius 2 is 1.80 bits per heavy atom. The minimum atomic E-state index is -0.0785. The Morgan fingerprint density at radius 1 is 1.00 bits per heavy atom. The molecule has 0 spiro atoms. The monoisotopic (exact) mass is 354 g/mol. The van der Waals surface area contributed by atoms with Crippen molar-refractivity contribution in [3.05, 3.63) is 51.2 Å². The van der Waals surface area contributed by atoms with Gasteiger partial charge in [0, 0.05) is 29.2 Å². The Balaban J connectivity index is 1.48. The highest BCUT2D eigenvalue weighted by Gasteiger charge is 2.20. The van der Waals surface area contributed by atoms with Crippen LogP contribution in [0.3, 0.4) is 0 Å². The molecule has 2 aromatic rings. The second-order valence-corrected chi connectivity index (χ2v) is 7.94. The third kappa shape index (κ3) is 3.47. The summed E-state index contributed by atoms with van der Waals surface area (Å²) < 4.78 is 0. The molecule has 0 unspecified atom stereocenters. The van der Waals surface area contributed by atoms with Crippen molar-refractivity contribution in [1.82, 2.24) is 4.90 Å². The summed E-state index contributed by atoms with van der Waals surface area (Å²) in [6.07, 6.45) is 6.75. The number of fused-ring (bicyclic) bond motifs is 1. The van der Waals surface area contributed by atoms with Crippen molar-refractivity contribution in [3.8, 4) is 0 Å². The largest absolute Gasteiger partial charge is 0.339 e. The molecule has 2 heterocycles. The molecule has 2 amide bonds. The molecule has 0 radical (unpaired) electrons. The van der Waals surface area contributed by atoms with Crippen LogP contribution in [0.1, 0.15) is 56.2 Å². The number of hydrogen-bond acceptors (Lipinski definition) is 3. The van der Waals surface area contributed by atoms with E-state index in [4.69, 9.17) is 0 Å². The van der Waals surface area contributed by atoms with Crippen LogP contribution in [0, 0.1) is 0 Å². The number of nitrogens with zero attached hydrogens (tertiary/aromatic N) is 1. The molecule has 1 saturated heterocycles. The molecule has 0 bridgehead atoms. The fraction of sp³-hybridized carbons (Fsp3) is 0.400. The van der Waals surface area contributed by atoms with E-state index in [0.29, 0.717) is 11.3 Å². The van der Waals surface area contributed by atoms with Crippen LogP contribution in [0.4, 0.5) is 5.69 Å². The number of amides is 2. The van der Waals surface area contributed by atoms with Crippen molar-refractivity contribution in [2.24, 2.45) is 0 Å². The molecule has 5 heteroatoms. The van der Waals surface area contributed by atoms with Crippen molar-refractivity contribution in [2.75, 3.05) is 18.4 Å². The van der Waals surface area contributed by atoms with E-state index in [9.17, 15) is 9.59 Å². The Hall–Kier alpha value is -2.14. The number of rotatable bonds is 3. The van der Waals surface area contributed by atoms with E-state index in [2.05, 4.69) is 5.32 Å². The Labute approximate surface area is 151 Å². The molecule has 2 aliphatic rings. The van der Waals surface area contributed by atoms with Gasteiger partial charge in [-0.05, 0) is 68.4 Å². The molecule has 4 rings (SSSR count). The lowest BCUT2D eigenvalue weighted by atomic mass is 9.99. The van der Waals surface area contributed by atoms with Gasteiger partial charge in [0.1, 0.15) is 0 Å². The van der Waals surface area contributed by atoms with Crippen LogP contribution in [0.25, 0.3) is 0 Å². The first kappa shape index (κ1) is 16.3. The lowest BCUT2D eigenvalue weighted by molar-refractivity contribution is 0.0792. The molecule has 1 aliphatic carbocycles. The zero-order valence-electron chi connectivity index (χ0n) is 14.2. The normalized spacial score (nSPS) is 16.6. The first-order chi connectivity index (χ1) is 12.2. The van der Waals surface area contributed by atoms with E-state index < -0.39 is 0 Å². The number of thiophene rings is 1. The number of anilines is 1. The quantitative estimate of drug-likeness (QED) is 0.901. The van der Waals surface area contributed by atoms with E-state index >= 15 is 0 Å². The predicted octanol–water partition coefficient (Wildman–Crippen LogP) is 4.12. The second-order valence-electron chi connectivity index (χ2n) is 6.80. The van der Waals surface area contributed by atoms with E-state index in [-0.39, 0.29) is 11.8 Å². The first-order valence-electron chi connectivity index (χ1n) is 9.03. The second kappa shape index (κ2) is 7.00. The molecule has 1 aromatic carbocycles. The Bertz CT molecular complexity index is 782. The van der Waals surface area contributed by atoms with Crippen LogP contribution in [0.2, 0.25) is 0 Å². The molecular weight excluding hydrogens is 332 g/mol. The van der Waals surface area contributed by atoms with Crippen molar-refractivity contribution >= 4 is 28.8 Å². The minimum Gasteiger partial charge on any atom is -0.339 e. The van der Waals surface area contributed by atoms with Crippen molar-refractivity contribution in [3.63, 3.8) is 0 Å². The summed E-state index contributed by atoms with van der Waals surface area (Å²) in [5, 5.41) is 2.95. The van der Waals surface area contributed by atoms with E-state index in [0.717, 1.165) is 43.6 Å². The maximum atomic E-state index is 12.6. The SMILES string of the molecule is O=C(Nc1cccc(C(=O)N2CCCC2)c1)c1cc2c(s1)CCCC2. The first-order valence-corrected chi connectivity index (χ1v) is 9.84. The summed E-state index contributed by atoms with van der Waals surface area (Å²) in [4.78, 5) is 29.1. The van der Waals surface area contributed by atoms with Gasteiger partial charge in [-0.15, -0.1) is 11.3 Å². The van der Waals surface area contributed by atoms with Gasteiger partial charge in [0.05, 0.1) is 4.88 Å². The van der Waals surface area contributed by atoms with Gasteiger partial charge in [-0.1, -0.05) is 6.07 Å². The van der Waals surface area contributed by atoms with Gasteiger partial charge in [0.25, 0.3) is 11.8 Å². The summed E-state index contributed by atoms with van der Waals surface area (Å²) in [5.74, 6) is -0.0228. The topological polar surface area (TPSA) is 49.4 Å². The molecule has 1 N–H and O–H groups in total. The highest BCUT2D eigenvalue weighted by molar-refractivity contribution is 7.14. The van der Waals surface area contributed by atoms with Gasteiger partial charge in [0.2, 0.25) is 0 Å². The third-order valence-electron chi connectivity index (χ3n) is 4.98. The standard InChI is InChI=1S/C20H22N2O2S/c23-19(18-13-14-6-1-2-9-17(14)25-18)21-16-8-5-7-15(12-16)20(24)22-10-3-4-11-22/h5,7-8,12-13H,1-4,6,9-11H2,(H,21,23). The molecule has 0 atom stereocenters. The van der Waals surface area contributed by atoms with Crippen LogP contribution >= 0.6 is 11.3 Å². The summed E-state index contributed by atoms with van der Waals surface area (Å²) in [6.45, 7) is 1.66. The fourth-order valence-corrected chi connectivity index (χ4v) is 4.78. The Morgan fingerprint density at radius 3 is 2.60 bits per heavy atom. The summed E-state index contributed by atoms with van der Waals surface area (Å²) in [7, 11) is 0. The third-order valence-corrected chi connectivity index (χ3v) is 6.22. The van der Waals surface area contributed by atoms with Gasteiger partial charge in [-0.25, -0.2) is 0 Å². The number of likely N-dealkylation sites (tertiary alicyclic amines) is 1.